The maximum Gasteiger partial charge on any atom is 0.257 e. The van der Waals surface area contributed by atoms with Crippen LogP contribution in [0.4, 0.5) is 5.00 Å². The van der Waals surface area contributed by atoms with Gasteiger partial charge >= 0.3 is 0 Å². The third-order valence-electron chi connectivity index (χ3n) is 7.01. The Morgan fingerprint density at radius 3 is 2.52 bits per heavy atom. The van der Waals surface area contributed by atoms with E-state index in [9.17, 15) is 19.5 Å². The van der Waals surface area contributed by atoms with E-state index in [-0.39, 0.29) is 23.6 Å². The van der Waals surface area contributed by atoms with Gasteiger partial charge in [-0.1, -0.05) is 0 Å². The Hall–Kier alpha value is -1.97. The van der Waals surface area contributed by atoms with Gasteiger partial charge in [-0.3, -0.25) is 19.3 Å². The highest BCUT2D eigenvalue weighted by Gasteiger charge is 2.43. The van der Waals surface area contributed by atoms with Gasteiger partial charge in [0.15, 0.2) is 11.4 Å². The fourth-order valence-corrected chi connectivity index (χ4v) is 6.41. The van der Waals surface area contributed by atoms with Gasteiger partial charge in [0.1, 0.15) is 0 Å². The number of Topliss-reactive ketones (excluding diaryl/α,β-unsaturated/α-hetero) is 1. The Labute approximate surface area is 199 Å². The number of amides is 2. The van der Waals surface area contributed by atoms with Crippen LogP contribution in [0.1, 0.15) is 84.9 Å². The molecule has 2 aliphatic heterocycles. The van der Waals surface area contributed by atoms with Crippen molar-refractivity contribution in [2.45, 2.75) is 82.9 Å². The number of rotatable bonds is 3. The predicted molar refractivity (Wildman–Crippen MR) is 129 cm³/mol. The maximum absolute atomic E-state index is 13.3. The fraction of sp³-hybridized carbons (Fsp3) is 0.708. The number of aliphatic hydroxyl groups is 1. The number of carbonyl (C=O) groups excluding carboxylic acids is 3. The summed E-state index contributed by atoms with van der Waals surface area (Å²) in [6.07, 6.45) is 4.83. The summed E-state index contributed by atoms with van der Waals surface area (Å²) < 4.78 is 0. The second kappa shape index (κ2) is 9.00. The molecule has 0 aromatic carbocycles. The van der Waals surface area contributed by atoms with Crippen LogP contribution in [0.3, 0.4) is 0 Å². The molecule has 33 heavy (non-hydrogen) atoms. The normalized spacial score (nSPS) is 25.1. The van der Waals surface area contributed by atoms with Gasteiger partial charge in [0.25, 0.3) is 11.8 Å². The molecule has 0 radical (unpaired) electrons. The highest BCUT2D eigenvalue weighted by Crippen LogP contribution is 2.37. The lowest BCUT2D eigenvalue weighted by molar-refractivity contribution is -0.148. The number of nitrogens with two attached hydrogens (primary N) is 1. The van der Waals surface area contributed by atoms with Crippen molar-refractivity contribution in [3.05, 3.63) is 16.0 Å². The van der Waals surface area contributed by atoms with Crippen LogP contribution in [0.2, 0.25) is 0 Å². The monoisotopic (exact) mass is 476 g/mol. The SMILES string of the molecule is CC(C)(C)NC(=O)C1(O)CCCN(C2CCN(C(=O)c3c(N)sc4c3CCCC4=O)CC2)C1. The zero-order valence-corrected chi connectivity index (χ0v) is 20.7. The molecule has 3 heterocycles. The molecule has 1 atom stereocenters. The summed E-state index contributed by atoms with van der Waals surface area (Å²) >= 11 is 1.25. The van der Waals surface area contributed by atoms with Crippen LogP contribution in [-0.4, -0.2) is 75.9 Å². The smallest absolute Gasteiger partial charge is 0.257 e. The average Bonchev–Trinajstić information content (AvgIpc) is 3.09. The molecule has 4 N–H and O–H groups in total. The zero-order chi connectivity index (χ0) is 24.0. The van der Waals surface area contributed by atoms with E-state index < -0.39 is 11.1 Å². The lowest BCUT2D eigenvalue weighted by Gasteiger charge is -2.45. The Kier molecular flexibility index (Phi) is 6.59. The molecule has 3 aliphatic rings. The summed E-state index contributed by atoms with van der Waals surface area (Å²) in [4.78, 5) is 43.0. The van der Waals surface area contributed by atoms with Gasteiger partial charge in [0, 0.05) is 37.6 Å². The predicted octanol–water partition coefficient (Wildman–Crippen LogP) is 2.20. The van der Waals surface area contributed by atoms with Crippen molar-refractivity contribution in [3.63, 3.8) is 0 Å². The van der Waals surface area contributed by atoms with Crippen molar-refractivity contribution in [3.8, 4) is 0 Å². The van der Waals surface area contributed by atoms with Crippen molar-refractivity contribution >= 4 is 33.9 Å². The number of β-amino-alcohol motifs (C(OH)–C–C–N with tert-alkyl or cyclic N) is 1. The first kappa shape index (κ1) is 24.2. The van der Waals surface area contributed by atoms with Gasteiger partial charge in [0.2, 0.25) is 0 Å². The number of hydrogen-bond donors (Lipinski definition) is 3. The van der Waals surface area contributed by atoms with Crippen LogP contribution in [0.15, 0.2) is 0 Å². The molecule has 2 fully saturated rings. The number of nitrogens with one attached hydrogen (secondary N) is 1. The first-order valence-electron chi connectivity index (χ1n) is 12.0. The second-order valence-electron chi connectivity index (χ2n) is 10.8. The minimum Gasteiger partial charge on any atom is -0.390 e. The third kappa shape index (κ3) is 4.95. The summed E-state index contributed by atoms with van der Waals surface area (Å²) in [6.45, 7) is 8.10. The number of carbonyl (C=O) groups is 3. The van der Waals surface area contributed by atoms with E-state index in [0.717, 1.165) is 44.2 Å². The number of piperidine rings is 2. The van der Waals surface area contributed by atoms with E-state index >= 15 is 0 Å². The van der Waals surface area contributed by atoms with Crippen LogP contribution in [0, 0.1) is 0 Å². The average molecular weight is 477 g/mol. The topological polar surface area (TPSA) is 116 Å². The van der Waals surface area contributed by atoms with Crippen molar-refractivity contribution in [1.82, 2.24) is 15.1 Å². The standard InChI is InChI=1S/C24H36N4O4S/c1-23(2,3)26-22(31)24(32)10-5-11-28(14-24)15-8-12-27(13-9-15)21(30)18-16-6-4-7-17(29)19(16)33-20(18)25/h15,32H,4-14,25H2,1-3H3,(H,26,31). The molecule has 1 aliphatic carbocycles. The highest BCUT2D eigenvalue weighted by atomic mass is 32.1. The molecule has 2 amide bonds. The minimum atomic E-state index is -1.38. The Morgan fingerprint density at radius 1 is 1.15 bits per heavy atom. The van der Waals surface area contributed by atoms with E-state index in [1.54, 1.807) is 0 Å². The summed E-state index contributed by atoms with van der Waals surface area (Å²) in [7, 11) is 0. The van der Waals surface area contributed by atoms with Gasteiger partial charge in [0.05, 0.1) is 15.4 Å². The molecule has 182 valence electrons. The summed E-state index contributed by atoms with van der Waals surface area (Å²) in [5.41, 5.74) is 5.78. The van der Waals surface area contributed by atoms with Crippen molar-refractivity contribution in [1.29, 1.82) is 0 Å². The van der Waals surface area contributed by atoms with Crippen LogP contribution in [-0.2, 0) is 11.2 Å². The minimum absolute atomic E-state index is 0.0714. The van der Waals surface area contributed by atoms with Gasteiger partial charge < -0.3 is 21.1 Å². The fourth-order valence-electron chi connectivity index (χ4n) is 5.34. The molecule has 8 nitrogen and oxygen atoms in total. The Morgan fingerprint density at radius 2 is 1.85 bits per heavy atom. The molecule has 1 aromatic rings. The second-order valence-corrected chi connectivity index (χ2v) is 11.8. The van der Waals surface area contributed by atoms with E-state index in [2.05, 4.69) is 10.2 Å². The lowest BCUT2D eigenvalue weighted by atomic mass is 9.88. The van der Waals surface area contributed by atoms with Crippen LogP contribution in [0.5, 0.6) is 0 Å². The lowest BCUT2D eigenvalue weighted by Crippen LogP contribution is -2.62. The van der Waals surface area contributed by atoms with Crippen molar-refractivity contribution in [2.75, 3.05) is 31.9 Å². The zero-order valence-electron chi connectivity index (χ0n) is 19.9. The molecular formula is C24H36N4O4S. The molecule has 0 bridgehead atoms. The van der Waals surface area contributed by atoms with Gasteiger partial charge in [-0.15, -0.1) is 11.3 Å². The third-order valence-corrected chi connectivity index (χ3v) is 8.11. The van der Waals surface area contributed by atoms with Crippen molar-refractivity contribution in [2.24, 2.45) is 0 Å². The molecule has 2 saturated heterocycles. The number of nitrogen functional groups attached to an aromatic ring is 1. The first-order valence-corrected chi connectivity index (χ1v) is 12.8. The number of hydrogen-bond acceptors (Lipinski definition) is 7. The van der Waals surface area contributed by atoms with Gasteiger partial charge in [-0.25, -0.2) is 0 Å². The Balaban J connectivity index is 1.39. The number of thiophene rings is 1. The first-order chi connectivity index (χ1) is 15.5. The number of likely N-dealkylation sites (tertiary alicyclic amines) is 2. The van der Waals surface area contributed by atoms with E-state index in [4.69, 9.17) is 5.73 Å². The molecular weight excluding hydrogens is 440 g/mol. The Bertz CT molecular complexity index is 945. The highest BCUT2D eigenvalue weighted by molar-refractivity contribution is 7.18. The molecule has 4 rings (SSSR count). The quantitative estimate of drug-likeness (QED) is 0.616. The maximum atomic E-state index is 13.3. The van der Waals surface area contributed by atoms with E-state index in [1.807, 2.05) is 25.7 Å². The largest absolute Gasteiger partial charge is 0.390 e. The van der Waals surface area contributed by atoms with Crippen LogP contribution >= 0.6 is 11.3 Å². The molecule has 1 unspecified atom stereocenters. The van der Waals surface area contributed by atoms with Crippen LogP contribution in [0.25, 0.3) is 0 Å². The summed E-state index contributed by atoms with van der Waals surface area (Å²) in [5, 5.41) is 14.4. The molecule has 0 spiro atoms. The van der Waals surface area contributed by atoms with Crippen LogP contribution < -0.4 is 11.1 Å². The van der Waals surface area contributed by atoms with Gasteiger partial charge in [-0.05, 0) is 71.4 Å². The summed E-state index contributed by atoms with van der Waals surface area (Å²) in [5.74, 6) is -0.281. The van der Waals surface area contributed by atoms with E-state index in [1.165, 1.54) is 11.3 Å². The molecule has 1 aromatic heterocycles. The molecule has 9 heteroatoms. The number of anilines is 1. The number of nitrogens with zero attached hydrogens (tertiary/aromatic N) is 2. The molecule has 0 saturated carbocycles. The van der Waals surface area contributed by atoms with E-state index in [0.29, 0.717) is 47.9 Å². The number of fused-ring (bicyclic) bond motifs is 1. The summed E-state index contributed by atoms with van der Waals surface area (Å²) in [6, 6.07) is 0.221. The van der Waals surface area contributed by atoms with Crippen molar-refractivity contribution < 1.29 is 19.5 Å². The number of ketones is 1. The van der Waals surface area contributed by atoms with Gasteiger partial charge in [-0.2, -0.15) is 0 Å².